The molecule has 1 atom stereocenters. The minimum atomic E-state index is 0.653. The zero-order chi connectivity index (χ0) is 14.4. The first kappa shape index (κ1) is 15.7. The molecule has 1 aromatic heterocycles. The van der Waals surface area contributed by atoms with Crippen molar-refractivity contribution in [1.29, 1.82) is 0 Å². The molecule has 2 heterocycles. The van der Waals surface area contributed by atoms with Gasteiger partial charge in [0.25, 0.3) is 0 Å². The molecule has 1 saturated heterocycles. The van der Waals surface area contributed by atoms with E-state index >= 15 is 0 Å². The van der Waals surface area contributed by atoms with Gasteiger partial charge in [-0.05, 0) is 31.7 Å². The Bertz CT molecular complexity index is 406. The van der Waals surface area contributed by atoms with Crippen molar-refractivity contribution < 1.29 is 4.74 Å². The number of aryl methyl sites for hydroxylation is 1. The molecule has 0 saturated carbocycles. The Morgan fingerprint density at radius 1 is 1.45 bits per heavy atom. The highest BCUT2D eigenvalue weighted by Gasteiger charge is 2.23. The van der Waals surface area contributed by atoms with Crippen LogP contribution in [0.5, 0.6) is 0 Å². The highest BCUT2D eigenvalue weighted by atomic mass is 32.1. The van der Waals surface area contributed by atoms with Crippen LogP contribution < -0.4 is 10.2 Å². The van der Waals surface area contributed by atoms with Gasteiger partial charge >= 0.3 is 0 Å². The van der Waals surface area contributed by atoms with Gasteiger partial charge in [-0.2, -0.15) is 0 Å². The first-order chi connectivity index (χ1) is 9.78. The van der Waals surface area contributed by atoms with Crippen LogP contribution >= 0.6 is 11.3 Å². The normalized spacial score (nSPS) is 19.6. The second-order valence-corrected chi connectivity index (χ2v) is 6.47. The number of ether oxygens (including phenoxy) is 1. The molecule has 1 N–H and O–H groups in total. The van der Waals surface area contributed by atoms with Crippen molar-refractivity contribution in [2.24, 2.45) is 5.92 Å². The topological polar surface area (TPSA) is 37.4 Å². The molecule has 0 aliphatic carbocycles. The summed E-state index contributed by atoms with van der Waals surface area (Å²) in [5.74, 6) is 0.653. The maximum atomic E-state index is 5.32. The summed E-state index contributed by atoms with van der Waals surface area (Å²) in [6.45, 7) is 9.39. The Labute approximate surface area is 126 Å². The Morgan fingerprint density at radius 3 is 3.00 bits per heavy atom. The molecule has 20 heavy (non-hydrogen) atoms. The molecule has 0 aromatic carbocycles. The summed E-state index contributed by atoms with van der Waals surface area (Å²) in [6.07, 6.45) is 3.55. The quantitative estimate of drug-likeness (QED) is 0.839. The van der Waals surface area contributed by atoms with E-state index < -0.39 is 0 Å². The Morgan fingerprint density at radius 2 is 2.30 bits per heavy atom. The summed E-state index contributed by atoms with van der Waals surface area (Å²) in [5.41, 5.74) is 1.26. The molecule has 0 amide bonds. The summed E-state index contributed by atoms with van der Waals surface area (Å²) >= 11 is 1.86. The molecule has 1 unspecified atom stereocenters. The van der Waals surface area contributed by atoms with Gasteiger partial charge in [0, 0.05) is 31.6 Å². The molecule has 114 valence electrons. The standard InChI is InChI=1S/C15H27N3OS/c1-4-13-14(9-16-5-2)20-15(17-13)18-8-6-7-12(10-18)11-19-3/h12,16H,4-11H2,1-3H3. The Hall–Kier alpha value is -0.650. The van der Waals surface area contributed by atoms with Crippen LogP contribution in [0.2, 0.25) is 0 Å². The number of aromatic nitrogens is 1. The average molecular weight is 297 g/mol. The van der Waals surface area contributed by atoms with E-state index in [0.717, 1.165) is 39.2 Å². The van der Waals surface area contributed by atoms with E-state index in [-0.39, 0.29) is 0 Å². The predicted octanol–water partition coefficient (Wildman–Crippen LogP) is 2.68. The van der Waals surface area contributed by atoms with Crippen LogP contribution in [-0.4, -0.2) is 38.3 Å². The van der Waals surface area contributed by atoms with Gasteiger partial charge < -0.3 is 15.0 Å². The third-order valence-electron chi connectivity index (χ3n) is 3.83. The van der Waals surface area contributed by atoms with Crippen LogP contribution in [0.1, 0.15) is 37.3 Å². The summed E-state index contributed by atoms with van der Waals surface area (Å²) in [7, 11) is 1.80. The number of nitrogens with one attached hydrogen (secondary N) is 1. The number of methoxy groups -OCH3 is 1. The lowest BCUT2D eigenvalue weighted by Gasteiger charge is -2.32. The van der Waals surface area contributed by atoms with E-state index in [2.05, 4.69) is 24.1 Å². The molecule has 5 heteroatoms. The highest BCUT2D eigenvalue weighted by molar-refractivity contribution is 7.15. The lowest BCUT2D eigenvalue weighted by atomic mass is 9.99. The van der Waals surface area contributed by atoms with Crippen LogP contribution in [0.15, 0.2) is 0 Å². The number of piperidine rings is 1. The number of hydrogen-bond donors (Lipinski definition) is 1. The number of rotatable bonds is 7. The van der Waals surface area contributed by atoms with Gasteiger partial charge in [-0.25, -0.2) is 4.98 Å². The molecular weight excluding hydrogens is 270 g/mol. The summed E-state index contributed by atoms with van der Waals surface area (Å²) in [4.78, 5) is 8.72. The van der Waals surface area contributed by atoms with Gasteiger partial charge in [-0.15, -0.1) is 11.3 Å². The first-order valence-corrected chi connectivity index (χ1v) is 8.53. The van der Waals surface area contributed by atoms with Gasteiger partial charge in [0.15, 0.2) is 5.13 Å². The second-order valence-electron chi connectivity index (χ2n) is 5.41. The SMILES string of the molecule is CCNCc1sc(N2CCCC(COC)C2)nc1CC. The van der Waals surface area contributed by atoms with Crippen molar-refractivity contribution in [3.05, 3.63) is 10.6 Å². The fourth-order valence-corrected chi connectivity index (χ4v) is 3.92. The summed E-state index contributed by atoms with van der Waals surface area (Å²) in [5, 5.41) is 4.62. The van der Waals surface area contributed by atoms with E-state index in [1.807, 2.05) is 11.3 Å². The number of anilines is 1. The smallest absolute Gasteiger partial charge is 0.185 e. The molecule has 1 aliphatic heterocycles. The fourth-order valence-electron chi connectivity index (χ4n) is 2.77. The second kappa shape index (κ2) is 7.96. The summed E-state index contributed by atoms with van der Waals surface area (Å²) in [6, 6.07) is 0. The van der Waals surface area contributed by atoms with Crippen LogP contribution in [0.3, 0.4) is 0 Å². The van der Waals surface area contributed by atoms with Gasteiger partial charge in [0.1, 0.15) is 0 Å². The minimum Gasteiger partial charge on any atom is -0.384 e. The zero-order valence-corrected chi connectivity index (χ0v) is 13.8. The maximum Gasteiger partial charge on any atom is 0.185 e. The molecule has 0 radical (unpaired) electrons. The molecule has 1 fully saturated rings. The molecule has 1 aliphatic rings. The van der Waals surface area contributed by atoms with Gasteiger partial charge in [-0.3, -0.25) is 0 Å². The lowest BCUT2D eigenvalue weighted by molar-refractivity contribution is 0.143. The number of nitrogens with zero attached hydrogens (tertiary/aromatic N) is 2. The minimum absolute atomic E-state index is 0.653. The molecule has 1 aromatic rings. The zero-order valence-electron chi connectivity index (χ0n) is 12.9. The van der Waals surface area contributed by atoms with Crippen molar-refractivity contribution in [2.45, 2.75) is 39.7 Å². The van der Waals surface area contributed by atoms with Crippen LogP contribution in [0.25, 0.3) is 0 Å². The fraction of sp³-hybridized carbons (Fsp3) is 0.800. The predicted molar refractivity (Wildman–Crippen MR) is 85.7 cm³/mol. The largest absolute Gasteiger partial charge is 0.384 e. The average Bonchev–Trinajstić information content (AvgIpc) is 2.89. The Balaban J connectivity index is 2.05. The molecule has 0 bridgehead atoms. The van der Waals surface area contributed by atoms with Crippen LogP contribution in [0.4, 0.5) is 5.13 Å². The third-order valence-corrected chi connectivity index (χ3v) is 4.99. The lowest BCUT2D eigenvalue weighted by Crippen LogP contribution is -2.37. The molecular formula is C15H27N3OS. The van der Waals surface area contributed by atoms with E-state index in [4.69, 9.17) is 9.72 Å². The van der Waals surface area contributed by atoms with E-state index in [1.54, 1.807) is 7.11 Å². The van der Waals surface area contributed by atoms with Gasteiger partial charge in [-0.1, -0.05) is 13.8 Å². The summed E-state index contributed by atoms with van der Waals surface area (Å²) < 4.78 is 5.32. The maximum absolute atomic E-state index is 5.32. The van der Waals surface area contributed by atoms with Crippen molar-refractivity contribution in [3.8, 4) is 0 Å². The Kier molecular flexibility index (Phi) is 6.26. The number of thiazole rings is 1. The van der Waals surface area contributed by atoms with Crippen molar-refractivity contribution >= 4 is 16.5 Å². The van der Waals surface area contributed by atoms with Gasteiger partial charge in [0.2, 0.25) is 0 Å². The van der Waals surface area contributed by atoms with Gasteiger partial charge in [0.05, 0.1) is 12.3 Å². The van der Waals surface area contributed by atoms with Crippen LogP contribution in [0, 0.1) is 5.92 Å². The van der Waals surface area contributed by atoms with Crippen LogP contribution in [-0.2, 0) is 17.7 Å². The highest BCUT2D eigenvalue weighted by Crippen LogP contribution is 2.30. The molecule has 0 spiro atoms. The van der Waals surface area contributed by atoms with E-state index in [1.165, 1.54) is 28.5 Å². The van der Waals surface area contributed by atoms with Crippen molar-refractivity contribution in [1.82, 2.24) is 10.3 Å². The van der Waals surface area contributed by atoms with Crippen molar-refractivity contribution in [2.75, 3.05) is 38.3 Å². The third kappa shape index (κ3) is 3.93. The number of hydrogen-bond acceptors (Lipinski definition) is 5. The monoisotopic (exact) mass is 297 g/mol. The van der Waals surface area contributed by atoms with Crippen molar-refractivity contribution in [3.63, 3.8) is 0 Å². The molecule has 4 nitrogen and oxygen atoms in total. The first-order valence-electron chi connectivity index (χ1n) is 7.71. The molecule has 2 rings (SSSR count). The van der Waals surface area contributed by atoms with E-state index in [0.29, 0.717) is 5.92 Å². The van der Waals surface area contributed by atoms with E-state index in [9.17, 15) is 0 Å².